The van der Waals surface area contributed by atoms with Crippen molar-refractivity contribution in [2.45, 2.75) is 32.2 Å². The number of halogens is 1. The zero-order chi connectivity index (χ0) is 24.2. The molecule has 9 nitrogen and oxygen atoms in total. The van der Waals surface area contributed by atoms with E-state index >= 15 is 0 Å². The predicted octanol–water partition coefficient (Wildman–Crippen LogP) is 3.26. The number of carbonyl (C=O) groups is 1. The molecule has 5 rings (SSSR count). The van der Waals surface area contributed by atoms with Crippen LogP contribution >= 0.6 is 11.6 Å². The average Bonchev–Trinajstić information content (AvgIpc) is 3.37. The average molecular weight is 500 g/mol. The fourth-order valence-electron chi connectivity index (χ4n) is 4.94. The first-order valence-corrected chi connectivity index (χ1v) is 12.5. The minimum absolute atomic E-state index is 0.106. The van der Waals surface area contributed by atoms with Crippen molar-refractivity contribution in [3.05, 3.63) is 47.2 Å². The van der Waals surface area contributed by atoms with Gasteiger partial charge < -0.3 is 24.0 Å². The second-order valence-electron chi connectivity index (χ2n) is 9.13. The zero-order valence-electron chi connectivity index (χ0n) is 19.9. The van der Waals surface area contributed by atoms with Crippen molar-refractivity contribution in [3.8, 4) is 11.8 Å². The van der Waals surface area contributed by atoms with Crippen LogP contribution in [0.3, 0.4) is 0 Å². The summed E-state index contributed by atoms with van der Waals surface area (Å²) < 4.78 is 16.5. The number of pyridine rings is 1. The van der Waals surface area contributed by atoms with E-state index in [1.54, 1.807) is 25.9 Å². The summed E-state index contributed by atoms with van der Waals surface area (Å²) >= 11 is 6.28. The number of nitrogens with zero attached hydrogens (tertiary/aromatic N) is 5. The Balaban J connectivity index is 1.21. The molecule has 0 radical (unpaired) electrons. The van der Waals surface area contributed by atoms with Gasteiger partial charge in [-0.3, -0.25) is 4.79 Å². The lowest BCUT2D eigenvalue weighted by Crippen LogP contribution is -2.37. The first-order valence-electron chi connectivity index (χ1n) is 12.1. The van der Waals surface area contributed by atoms with Gasteiger partial charge in [-0.25, -0.2) is 15.0 Å². The van der Waals surface area contributed by atoms with Gasteiger partial charge in [-0.2, -0.15) is 0 Å². The highest BCUT2D eigenvalue weighted by molar-refractivity contribution is 6.32. The molecule has 2 fully saturated rings. The SMILES string of the molecule is COc1ncc(N2CCc3ncnc(O/C=C/C4CCN(C(=O)C5CCOCC5)C4)c3C2)cc1Cl. The molecule has 0 bridgehead atoms. The third kappa shape index (κ3) is 5.36. The van der Waals surface area contributed by atoms with Crippen molar-refractivity contribution in [2.75, 3.05) is 44.9 Å². The van der Waals surface area contributed by atoms with Gasteiger partial charge in [0.15, 0.2) is 0 Å². The number of carbonyl (C=O) groups excluding carboxylic acids is 1. The third-order valence-corrected chi connectivity index (χ3v) is 7.22. The molecular weight excluding hydrogens is 470 g/mol. The number of hydrogen-bond donors (Lipinski definition) is 0. The molecule has 2 aromatic rings. The number of amides is 1. The van der Waals surface area contributed by atoms with Crippen LogP contribution in [0.25, 0.3) is 0 Å². The lowest BCUT2D eigenvalue weighted by Gasteiger charge is -2.30. The Hall–Kier alpha value is -2.91. The van der Waals surface area contributed by atoms with Crippen LogP contribution in [0.5, 0.6) is 11.8 Å². The number of likely N-dealkylation sites (tertiary alicyclic amines) is 1. The highest BCUT2D eigenvalue weighted by Crippen LogP contribution is 2.32. The van der Waals surface area contributed by atoms with Gasteiger partial charge >= 0.3 is 0 Å². The Morgan fingerprint density at radius 2 is 2.03 bits per heavy atom. The number of hydrogen-bond acceptors (Lipinski definition) is 8. The van der Waals surface area contributed by atoms with Gasteiger partial charge in [-0.1, -0.05) is 11.6 Å². The highest BCUT2D eigenvalue weighted by atomic mass is 35.5. The summed E-state index contributed by atoms with van der Waals surface area (Å²) in [6, 6.07) is 1.86. The molecule has 3 aliphatic rings. The van der Waals surface area contributed by atoms with Crippen LogP contribution in [0.15, 0.2) is 30.9 Å². The first kappa shape index (κ1) is 23.8. The van der Waals surface area contributed by atoms with Crippen molar-refractivity contribution in [1.82, 2.24) is 19.9 Å². The van der Waals surface area contributed by atoms with Crippen LogP contribution < -0.4 is 14.4 Å². The number of methoxy groups -OCH3 is 1. The summed E-state index contributed by atoms with van der Waals surface area (Å²) in [5.41, 5.74) is 2.85. The molecule has 0 spiro atoms. The molecule has 1 unspecified atom stereocenters. The molecule has 0 saturated carbocycles. The number of aromatic nitrogens is 3. The van der Waals surface area contributed by atoms with E-state index in [1.807, 2.05) is 17.0 Å². The molecule has 35 heavy (non-hydrogen) atoms. The summed E-state index contributed by atoms with van der Waals surface area (Å²) in [6.45, 7) is 4.29. The maximum absolute atomic E-state index is 12.8. The van der Waals surface area contributed by atoms with Gasteiger partial charge in [-0.05, 0) is 37.3 Å². The van der Waals surface area contributed by atoms with Crippen molar-refractivity contribution >= 4 is 23.2 Å². The van der Waals surface area contributed by atoms with Crippen LogP contribution in [0.2, 0.25) is 5.02 Å². The van der Waals surface area contributed by atoms with E-state index in [4.69, 9.17) is 25.8 Å². The molecule has 2 aromatic heterocycles. The second-order valence-corrected chi connectivity index (χ2v) is 9.53. The summed E-state index contributed by atoms with van der Waals surface area (Å²) in [7, 11) is 1.55. The van der Waals surface area contributed by atoms with Gasteiger partial charge in [-0.15, -0.1) is 0 Å². The van der Waals surface area contributed by atoms with Crippen molar-refractivity contribution in [3.63, 3.8) is 0 Å². The molecule has 1 amide bonds. The number of rotatable bonds is 6. The summed E-state index contributed by atoms with van der Waals surface area (Å²) in [5, 5.41) is 0.473. The minimum atomic E-state index is 0.106. The van der Waals surface area contributed by atoms with Gasteiger partial charge in [0.05, 0.1) is 43.1 Å². The Kier molecular flexibility index (Phi) is 7.34. The second kappa shape index (κ2) is 10.8. The Bertz CT molecular complexity index is 1090. The van der Waals surface area contributed by atoms with E-state index in [9.17, 15) is 4.79 Å². The smallest absolute Gasteiger partial charge is 0.232 e. The number of ether oxygens (including phenoxy) is 3. The minimum Gasteiger partial charge on any atom is -0.480 e. The maximum atomic E-state index is 12.8. The van der Waals surface area contributed by atoms with Gasteiger partial charge in [0.1, 0.15) is 11.3 Å². The molecular formula is C25H30ClN5O4. The molecule has 2 saturated heterocycles. The van der Waals surface area contributed by atoms with Gasteiger partial charge in [0.2, 0.25) is 17.7 Å². The Morgan fingerprint density at radius 3 is 2.83 bits per heavy atom. The molecule has 1 atom stereocenters. The van der Waals surface area contributed by atoms with E-state index in [-0.39, 0.29) is 17.7 Å². The molecule has 5 heterocycles. The molecule has 0 aliphatic carbocycles. The normalized spacial score (nSPS) is 20.8. The molecule has 0 N–H and O–H groups in total. The van der Waals surface area contributed by atoms with Gasteiger partial charge in [0.25, 0.3) is 0 Å². The lowest BCUT2D eigenvalue weighted by molar-refractivity contribution is -0.137. The van der Waals surface area contributed by atoms with Crippen LogP contribution in [0, 0.1) is 11.8 Å². The van der Waals surface area contributed by atoms with E-state index in [0.29, 0.717) is 36.5 Å². The zero-order valence-corrected chi connectivity index (χ0v) is 20.6. The Morgan fingerprint density at radius 1 is 1.17 bits per heavy atom. The molecule has 10 heteroatoms. The first-order chi connectivity index (χ1) is 17.1. The van der Waals surface area contributed by atoms with Gasteiger partial charge in [0, 0.05) is 45.2 Å². The lowest BCUT2D eigenvalue weighted by atomic mass is 9.99. The Labute approximate surface area is 210 Å². The third-order valence-electron chi connectivity index (χ3n) is 6.95. The van der Waals surface area contributed by atoms with Crippen molar-refractivity contribution in [2.24, 2.45) is 11.8 Å². The standard InChI is InChI=1S/C25H30ClN5O4/c1-33-24-21(26)12-19(13-27-24)30-8-3-22-20(15-30)23(29-16-28-22)35-11-4-17-2-7-31(14-17)25(32)18-5-9-34-10-6-18/h4,11-13,16-18H,2-3,5-10,14-15H2,1H3/b11-4+. The fraction of sp³-hybridized carbons (Fsp3) is 0.520. The molecule has 0 aromatic carbocycles. The van der Waals surface area contributed by atoms with Crippen LogP contribution in [-0.4, -0.2) is 65.7 Å². The quantitative estimate of drug-likeness (QED) is 0.559. The monoisotopic (exact) mass is 499 g/mol. The summed E-state index contributed by atoms with van der Waals surface area (Å²) in [5.74, 6) is 1.61. The fourth-order valence-corrected chi connectivity index (χ4v) is 5.18. The van der Waals surface area contributed by atoms with Crippen LogP contribution in [0.1, 0.15) is 30.5 Å². The number of fused-ring (bicyclic) bond motifs is 1. The van der Waals surface area contributed by atoms with E-state index in [2.05, 4.69) is 19.9 Å². The molecule has 3 aliphatic heterocycles. The summed E-state index contributed by atoms with van der Waals surface area (Å²) in [6.07, 6.45) is 10.4. The number of anilines is 1. The van der Waals surface area contributed by atoms with E-state index in [1.165, 1.54) is 0 Å². The predicted molar refractivity (Wildman–Crippen MR) is 131 cm³/mol. The highest BCUT2D eigenvalue weighted by Gasteiger charge is 2.31. The van der Waals surface area contributed by atoms with Crippen LogP contribution in [0.4, 0.5) is 5.69 Å². The summed E-state index contributed by atoms with van der Waals surface area (Å²) in [4.78, 5) is 30.1. The topological polar surface area (TPSA) is 89.9 Å². The van der Waals surface area contributed by atoms with E-state index < -0.39 is 0 Å². The van der Waals surface area contributed by atoms with Crippen molar-refractivity contribution in [1.29, 1.82) is 0 Å². The van der Waals surface area contributed by atoms with E-state index in [0.717, 1.165) is 62.3 Å². The largest absolute Gasteiger partial charge is 0.480 e. The molecule has 186 valence electrons. The maximum Gasteiger partial charge on any atom is 0.232 e. The van der Waals surface area contributed by atoms with Crippen molar-refractivity contribution < 1.29 is 19.0 Å². The van der Waals surface area contributed by atoms with Crippen LogP contribution in [-0.2, 0) is 22.5 Å².